The molecule has 0 aliphatic carbocycles. The zero-order chi connectivity index (χ0) is 20.1. The lowest BCUT2D eigenvalue weighted by molar-refractivity contribution is -0.384. The van der Waals surface area contributed by atoms with Gasteiger partial charge >= 0.3 is 5.97 Å². The number of ether oxygens (including phenoxy) is 1. The standard InChI is InChI=1S/C18H18ClN3O5/c1-11(17(23)20-15-7-5-4-6-14(15)19)27-18(24)13-10-12(22(25)26)8-9-16(13)21(2)3/h4-11H,1-3H3,(H,20,23)/t11-/m1/s1. The van der Waals surface area contributed by atoms with Crippen molar-refractivity contribution in [1.82, 2.24) is 0 Å². The van der Waals surface area contributed by atoms with E-state index >= 15 is 0 Å². The molecule has 8 nitrogen and oxygen atoms in total. The van der Waals surface area contributed by atoms with Crippen LogP contribution in [0, 0.1) is 10.1 Å². The van der Waals surface area contributed by atoms with Gasteiger partial charge in [0.15, 0.2) is 6.10 Å². The molecule has 0 aliphatic heterocycles. The van der Waals surface area contributed by atoms with Gasteiger partial charge in [-0.05, 0) is 25.1 Å². The van der Waals surface area contributed by atoms with Crippen LogP contribution in [-0.2, 0) is 9.53 Å². The molecule has 0 saturated carbocycles. The average Bonchev–Trinajstić information content (AvgIpc) is 2.62. The molecule has 9 heteroatoms. The number of para-hydroxylation sites is 1. The number of nitro benzene ring substituents is 1. The third kappa shape index (κ3) is 4.95. The molecule has 2 aromatic carbocycles. The highest BCUT2D eigenvalue weighted by Crippen LogP contribution is 2.26. The number of nitrogens with zero attached hydrogens (tertiary/aromatic N) is 2. The van der Waals surface area contributed by atoms with Crippen LogP contribution in [0.5, 0.6) is 0 Å². The van der Waals surface area contributed by atoms with Gasteiger partial charge in [0.25, 0.3) is 11.6 Å². The highest BCUT2D eigenvalue weighted by molar-refractivity contribution is 6.33. The van der Waals surface area contributed by atoms with E-state index in [2.05, 4.69) is 5.32 Å². The molecular weight excluding hydrogens is 374 g/mol. The number of hydrogen-bond acceptors (Lipinski definition) is 6. The molecule has 0 bridgehead atoms. The largest absolute Gasteiger partial charge is 0.449 e. The van der Waals surface area contributed by atoms with Crippen LogP contribution >= 0.6 is 11.6 Å². The number of nitro groups is 1. The topological polar surface area (TPSA) is 102 Å². The normalized spacial score (nSPS) is 11.4. The van der Waals surface area contributed by atoms with E-state index < -0.39 is 22.9 Å². The maximum absolute atomic E-state index is 12.5. The molecule has 0 aromatic heterocycles. The van der Waals surface area contributed by atoms with E-state index in [1.165, 1.54) is 19.1 Å². The summed E-state index contributed by atoms with van der Waals surface area (Å²) in [6, 6.07) is 10.5. The van der Waals surface area contributed by atoms with Crippen LogP contribution in [0.15, 0.2) is 42.5 Å². The summed E-state index contributed by atoms with van der Waals surface area (Å²) in [6.45, 7) is 1.40. The lowest BCUT2D eigenvalue weighted by Gasteiger charge is -2.18. The highest BCUT2D eigenvalue weighted by atomic mass is 35.5. The number of anilines is 2. The first-order valence-corrected chi connectivity index (χ1v) is 8.30. The van der Waals surface area contributed by atoms with E-state index in [0.29, 0.717) is 16.4 Å². The van der Waals surface area contributed by atoms with Crippen molar-refractivity contribution in [2.75, 3.05) is 24.3 Å². The van der Waals surface area contributed by atoms with Crippen molar-refractivity contribution < 1.29 is 19.2 Å². The number of carbonyl (C=O) groups excluding carboxylic acids is 2. The maximum atomic E-state index is 12.5. The van der Waals surface area contributed by atoms with Crippen LogP contribution in [0.1, 0.15) is 17.3 Å². The van der Waals surface area contributed by atoms with Gasteiger partial charge in [0, 0.05) is 26.2 Å². The Morgan fingerprint density at radius 2 is 1.89 bits per heavy atom. The van der Waals surface area contributed by atoms with Crippen LogP contribution in [0.4, 0.5) is 17.1 Å². The minimum absolute atomic E-state index is 0.00778. The number of benzene rings is 2. The van der Waals surface area contributed by atoms with E-state index in [-0.39, 0.29) is 11.3 Å². The van der Waals surface area contributed by atoms with Gasteiger partial charge in [0.1, 0.15) is 0 Å². The summed E-state index contributed by atoms with van der Waals surface area (Å²) in [5.74, 6) is -1.42. The number of hydrogen-bond donors (Lipinski definition) is 1. The third-order valence-corrected chi connectivity index (χ3v) is 4.01. The van der Waals surface area contributed by atoms with E-state index in [4.69, 9.17) is 16.3 Å². The molecule has 1 atom stereocenters. The van der Waals surface area contributed by atoms with Gasteiger partial charge in [0.05, 0.1) is 26.9 Å². The SMILES string of the molecule is C[C@@H](OC(=O)c1cc([N+](=O)[O-])ccc1N(C)C)C(=O)Nc1ccccc1Cl. The maximum Gasteiger partial charge on any atom is 0.341 e. The second-order valence-electron chi connectivity index (χ2n) is 5.87. The number of nitrogens with one attached hydrogen (secondary N) is 1. The summed E-state index contributed by atoms with van der Waals surface area (Å²) in [4.78, 5) is 36.8. The molecule has 2 aromatic rings. The molecule has 0 saturated heterocycles. The molecule has 27 heavy (non-hydrogen) atoms. The first-order chi connectivity index (χ1) is 12.7. The Morgan fingerprint density at radius 3 is 2.48 bits per heavy atom. The van der Waals surface area contributed by atoms with Gasteiger partial charge in [-0.15, -0.1) is 0 Å². The number of non-ortho nitro benzene ring substituents is 1. The Hall–Kier alpha value is -3.13. The molecule has 1 N–H and O–H groups in total. The van der Waals surface area contributed by atoms with Crippen molar-refractivity contribution in [3.63, 3.8) is 0 Å². The molecule has 0 heterocycles. The smallest absolute Gasteiger partial charge is 0.341 e. The fourth-order valence-electron chi connectivity index (χ4n) is 2.27. The second-order valence-corrected chi connectivity index (χ2v) is 6.28. The second kappa shape index (κ2) is 8.50. The number of carbonyl (C=O) groups is 2. The van der Waals surface area contributed by atoms with Gasteiger partial charge in [0.2, 0.25) is 0 Å². The van der Waals surface area contributed by atoms with Crippen molar-refractivity contribution in [3.8, 4) is 0 Å². The molecule has 142 valence electrons. The predicted molar refractivity (Wildman–Crippen MR) is 102 cm³/mol. The van der Waals surface area contributed by atoms with Crippen molar-refractivity contribution in [2.24, 2.45) is 0 Å². The number of rotatable bonds is 6. The number of esters is 1. The summed E-state index contributed by atoms with van der Waals surface area (Å²) in [5, 5.41) is 13.9. The first kappa shape index (κ1) is 20.2. The average molecular weight is 392 g/mol. The summed E-state index contributed by atoms with van der Waals surface area (Å²) < 4.78 is 5.19. The van der Waals surface area contributed by atoms with Crippen LogP contribution < -0.4 is 10.2 Å². The Bertz CT molecular complexity index is 885. The van der Waals surface area contributed by atoms with Crippen molar-refractivity contribution in [3.05, 3.63) is 63.2 Å². The van der Waals surface area contributed by atoms with Crippen LogP contribution in [0.25, 0.3) is 0 Å². The third-order valence-electron chi connectivity index (χ3n) is 3.68. The van der Waals surface area contributed by atoms with Crippen LogP contribution in [-0.4, -0.2) is 37.0 Å². The monoisotopic (exact) mass is 391 g/mol. The fraction of sp³-hybridized carbons (Fsp3) is 0.222. The molecule has 0 spiro atoms. The lowest BCUT2D eigenvalue weighted by atomic mass is 10.1. The minimum atomic E-state index is -1.14. The molecule has 0 aliphatic rings. The van der Waals surface area contributed by atoms with Crippen molar-refractivity contribution in [1.29, 1.82) is 0 Å². The number of amides is 1. The van der Waals surface area contributed by atoms with Gasteiger partial charge in [-0.2, -0.15) is 0 Å². The van der Waals surface area contributed by atoms with E-state index in [1.54, 1.807) is 43.3 Å². The van der Waals surface area contributed by atoms with Crippen molar-refractivity contribution in [2.45, 2.75) is 13.0 Å². The summed E-state index contributed by atoms with van der Waals surface area (Å²) in [5.41, 5.74) is 0.563. The fourth-order valence-corrected chi connectivity index (χ4v) is 2.45. The Morgan fingerprint density at radius 1 is 1.22 bits per heavy atom. The predicted octanol–water partition coefficient (Wildman–Crippen LogP) is 3.50. The molecule has 2 rings (SSSR count). The zero-order valence-corrected chi connectivity index (χ0v) is 15.7. The molecule has 0 radical (unpaired) electrons. The van der Waals surface area contributed by atoms with E-state index in [1.807, 2.05) is 0 Å². The van der Waals surface area contributed by atoms with Gasteiger partial charge in [-0.3, -0.25) is 14.9 Å². The Labute approximate surface area is 160 Å². The summed E-state index contributed by atoms with van der Waals surface area (Å²) in [6.07, 6.45) is -1.14. The van der Waals surface area contributed by atoms with E-state index in [0.717, 1.165) is 6.07 Å². The summed E-state index contributed by atoms with van der Waals surface area (Å²) >= 11 is 5.99. The van der Waals surface area contributed by atoms with Crippen LogP contribution in [0.2, 0.25) is 5.02 Å². The molecule has 0 fully saturated rings. The highest BCUT2D eigenvalue weighted by Gasteiger charge is 2.24. The molecule has 1 amide bonds. The number of halogens is 1. The minimum Gasteiger partial charge on any atom is -0.449 e. The lowest BCUT2D eigenvalue weighted by Crippen LogP contribution is -2.30. The Balaban J connectivity index is 2.18. The van der Waals surface area contributed by atoms with E-state index in [9.17, 15) is 19.7 Å². The zero-order valence-electron chi connectivity index (χ0n) is 14.9. The quantitative estimate of drug-likeness (QED) is 0.459. The van der Waals surface area contributed by atoms with Gasteiger partial charge in [-0.1, -0.05) is 23.7 Å². The van der Waals surface area contributed by atoms with Crippen molar-refractivity contribution >= 4 is 40.5 Å². The Kier molecular flexibility index (Phi) is 6.36. The van der Waals surface area contributed by atoms with Crippen LogP contribution in [0.3, 0.4) is 0 Å². The van der Waals surface area contributed by atoms with Gasteiger partial charge < -0.3 is 15.0 Å². The molecular formula is C18H18ClN3O5. The van der Waals surface area contributed by atoms with Gasteiger partial charge in [-0.25, -0.2) is 4.79 Å². The first-order valence-electron chi connectivity index (χ1n) is 7.93. The summed E-state index contributed by atoms with van der Waals surface area (Å²) in [7, 11) is 3.37. The molecule has 0 unspecified atom stereocenters.